The fourth-order valence-corrected chi connectivity index (χ4v) is 3.17. The Bertz CT molecular complexity index is 1020. The maximum Gasteiger partial charge on any atom is 0.303 e. The van der Waals surface area contributed by atoms with Crippen LogP contribution in [-0.2, 0) is 35.2 Å². The lowest BCUT2D eigenvalue weighted by Crippen LogP contribution is -2.47. The molecule has 0 aliphatic carbocycles. The van der Waals surface area contributed by atoms with Gasteiger partial charge in [-0.05, 0) is 31.4 Å². The predicted octanol–water partition coefficient (Wildman–Crippen LogP) is -0.341. The number of hydrogen-bond donors (Lipinski definition) is 4. The number of carbonyl (C=O) groups is 6. The van der Waals surface area contributed by atoms with Gasteiger partial charge in [0.05, 0.1) is 18.8 Å². The molecule has 1 aliphatic rings. The Morgan fingerprint density at radius 2 is 1.74 bits per heavy atom. The van der Waals surface area contributed by atoms with Crippen LogP contribution in [0.5, 0.6) is 5.75 Å². The summed E-state index contributed by atoms with van der Waals surface area (Å²) in [7, 11) is 1.45. The molecule has 35 heavy (non-hydrogen) atoms. The van der Waals surface area contributed by atoms with Crippen molar-refractivity contribution in [2.24, 2.45) is 0 Å². The van der Waals surface area contributed by atoms with Gasteiger partial charge in [0.1, 0.15) is 11.8 Å². The maximum absolute atomic E-state index is 12.2. The number of aryl methyl sites for hydroxylation is 1. The summed E-state index contributed by atoms with van der Waals surface area (Å²) in [5.41, 5.74) is 0.886. The predicted molar refractivity (Wildman–Crippen MR) is 123 cm³/mol. The zero-order valence-electron chi connectivity index (χ0n) is 19.5. The first-order valence-electron chi connectivity index (χ1n) is 10.9. The van der Waals surface area contributed by atoms with Crippen molar-refractivity contribution in [3.63, 3.8) is 0 Å². The molecule has 0 aromatic heterocycles. The van der Waals surface area contributed by atoms with E-state index in [2.05, 4.69) is 16.0 Å². The molecule has 188 valence electrons. The van der Waals surface area contributed by atoms with Gasteiger partial charge in [-0.25, -0.2) is 4.90 Å². The van der Waals surface area contributed by atoms with Crippen LogP contribution >= 0.6 is 0 Å². The summed E-state index contributed by atoms with van der Waals surface area (Å²) in [6.07, 6.45) is 2.68. The summed E-state index contributed by atoms with van der Waals surface area (Å²) >= 11 is 0. The van der Waals surface area contributed by atoms with E-state index in [4.69, 9.17) is 9.84 Å². The number of benzene rings is 1. The fourth-order valence-electron chi connectivity index (χ4n) is 3.17. The molecule has 1 atom stereocenters. The molecule has 5 amide bonds. The third-order valence-corrected chi connectivity index (χ3v) is 5.00. The molecule has 1 aromatic carbocycles. The molecule has 0 bridgehead atoms. The van der Waals surface area contributed by atoms with Gasteiger partial charge in [-0.3, -0.25) is 28.8 Å². The van der Waals surface area contributed by atoms with Crippen LogP contribution < -0.4 is 25.6 Å². The summed E-state index contributed by atoms with van der Waals surface area (Å²) in [6.45, 7) is 1.29. The van der Waals surface area contributed by atoms with E-state index in [1.165, 1.54) is 20.0 Å². The Morgan fingerprint density at radius 1 is 1.06 bits per heavy atom. The molecule has 0 spiro atoms. The van der Waals surface area contributed by atoms with Crippen molar-refractivity contribution in [2.75, 3.05) is 25.1 Å². The van der Waals surface area contributed by atoms with Gasteiger partial charge in [0, 0.05) is 38.1 Å². The third-order valence-electron chi connectivity index (χ3n) is 5.00. The lowest BCUT2D eigenvalue weighted by molar-refractivity contribution is -0.137. The lowest BCUT2D eigenvalue weighted by atomic mass is 10.1. The Balaban J connectivity index is 1.99. The Hall–Kier alpha value is -4.22. The molecular weight excluding hydrogens is 460 g/mol. The van der Waals surface area contributed by atoms with Crippen molar-refractivity contribution in [1.82, 2.24) is 16.0 Å². The number of hydrogen-bond acceptors (Lipinski definition) is 7. The molecule has 1 heterocycles. The smallest absolute Gasteiger partial charge is 0.303 e. The van der Waals surface area contributed by atoms with Crippen LogP contribution in [0.25, 0.3) is 0 Å². The summed E-state index contributed by atoms with van der Waals surface area (Å²) in [5, 5.41) is 16.1. The average molecular weight is 488 g/mol. The van der Waals surface area contributed by atoms with Crippen molar-refractivity contribution in [3.8, 4) is 5.75 Å². The molecule has 0 fully saturated rings. The quantitative estimate of drug-likeness (QED) is 0.216. The number of nitrogens with zero attached hydrogens (tertiary/aromatic N) is 1. The number of nitrogens with one attached hydrogen (secondary N) is 3. The van der Waals surface area contributed by atoms with Crippen LogP contribution in [0.2, 0.25) is 0 Å². The second-order valence-corrected chi connectivity index (χ2v) is 7.66. The first-order chi connectivity index (χ1) is 16.6. The van der Waals surface area contributed by atoms with Gasteiger partial charge in [0.15, 0.2) is 0 Å². The zero-order chi connectivity index (χ0) is 26.0. The second-order valence-electron chi connectivity index (χ2n) is 7.66. The molecular formula is C23H28N4O8. The van der Waals surface area contributed by atoms with E-state index in [1.807, 2.05) is 0 Å². The van der Waals surface area contributed by atoms with Crippen molar-refractivity contribution in [3.05, 3.63) is 35.9 Å². The highest BCUT2D eigenvalue weighted by molar-refractivity contribution is 6.28. The monoisotopic (exact) mass is 488 g/mol. The van der Waals surface area contributed by atoms with Gasteiger partial charge >= 0.3 is 5.97 Å². The van der Waals surface area contributed by atoms with Crippen molar-refractivity contribution in [1.29, 1.82) is 0 Å². The largest absolute Gasteiger partial charge is 0.493 e. The summed E-state index contributed by atoms with van der Waals surface area (Å²) in [5.74, 6) is -2.95. The first-order valence-corrected chi connectivity index (χ1v) is 10.9. The van der Waals surface area contributed by atoms with Gasteiger partial charge in [-0.15, -0.1) is 0 Å². The second kappa shape index (κ2) is 12.9. The number of amides is 5. The number of rotatable bonds is 13. The SMILES string of the molecule is CNC(=O)C(C)NC(=O)CNC(=O)CCc1ccc(N2C(=O)C=CC2=O)cc1OCCCC(=O)O. The molecule has 1 unspecified atom stereocenters. The fraction of sp³-hybridized carbons (Fsp3) is 0.391. The highest BCUT2D eigenvalue weighted by atomic mass is 16.5. The van der Waals surface area contributed by atoms with Gasteiger partial charge in [0.25, 0.3) is 11.8 Å². The van der Waals surface area contributed by atoms with E-state index in [-0.39, 0.29) is 50.4 Å². The Morgan fingerprint density at radius 3 is 2.37 bits per heavy atom. The third kappa shape index (κ3) is 8.25. The number of carboxylic acid groups (broad SMARTS) is 1. The van der Waals surface area contributed by atoms with Crippen LogP contribution in [-0.4, -0.2) is 66.9 Å². The average Bonchev–Trinajstić information content (AvgIpc) is 3.16. The van der Waals surface area contributed by atoms with Crippen molar-refractivity contribution < 1.29 is 38.6 Å². The minimum absolute atomic E-state index is 0.00619. The van der Waals surface area contributed by atoms with Crippen molar-refractivity contribution >= 4 is 41.2 Å². The molecule has 2 rings (SSSR count). The summed E-state index contributed by atoms with van der Waals surface area (Å²) in [4.78, 5) is 71.2. The van der Waals surface area contributed by atoms with Crippen LogP contribution in [0, 0.1) is 0 Å². The van der Waals surface area contributed by atoms with Gasteiger partial charge in [-0.2, -0.15) is 0 Å². The topological polar surface area (TPSA) is 171 Å². The molecule has 0 saturated heterocycles. The molecule has 12 nitrogen and oxygen atoms in total. The Kier molecular flexibility index (Phi) is 9.94. The molecule has 4 N–H and O–H groups in total. The number of carboxylic acids is 1. The zero-order valence-corrected chi connectivity index (χ0v) is 19.5. The van der Waals surface area contributed by atoms with E-state index in [0.29, 0.717) is 11.3 Å². The van der Waals surface area contributed by atoms with Gasteiger partial charge in [-0.1, -0.05) is 6.07 Å². The standard InChI is InChI=1S/C23H28N4O8/c1-14(23(34)24-2)26-19(29)13-25-18(28)8-6-15-5-7-16(27-20(30)9-10-21(27)31)12-17(15)35-11-3-4-22(32)33/h5,7,9-10,12,14H,3-4,6,8,11,13H2,1-2H3,(H,24,34)(H,25,28)(H,26,29)(H,32,33). The minimum Gasteiger partial charge on any atom is -0.493 e. The summed E-state index contributed by atoms with van der Waals surface area (Å²) < 4.78 is 5.70. The van der Waals surface area contributed by atoms with Crippen LogP contribution in [0.3, 0.4) is 0 Å². The van der Waals surface area contributed by atoms with Gasteiger partial charge < -0.3 is 25.8 Å². The number of imide groups is 1. The highest BCUT2D eigenvalue weighted by Crippen LogP contribution is 2.29. The lowest BCUT2D eigenvalue weighted by Gasteiger charge is -2.18. The first kappa shape index (κ1) is 27.0. The molecule has 1 aromatic rings. The molecule has 0 saturated carbocycles. The van der Waals surface area contributed by atoms with E-state index in [1.54, 1.807) is 12.1 Å². The van der Waals surface area contributed by atoms with Gasteiger partial charge in [0.2, 0.25) is 17.7 Å². The van der Waals surface area contributed by atoms with Crippen LogP contribution in [0.1, 0.15) is 31.7 Å². The number of likely N-dealkylation sites (N-methyl/N-ethyl adjacent to an activating group) is 1. The Labute approximate surface area is 201 Å². The molecule has 1 aliphatic heterocycles. The van der Waals surface area contributed by atoms with Crippen LogP contribution in [0.15, 0.2) is 30.4 Å². The van der Waals surface area contributed by atoms with E-state index < -0.39 is 35.6 Å². The minimum atomic E-state index is -0.965. The number of ether oxygens (including phenoxy) is 1. The molecule has 12 heteroatoms. The summed E-state index contributed by atoms with van der Waals surface area (Å²) in [6, 6.07) is 3.91. The highest BCUT2D eigenvalue weighted by Gasteiger charge is 2.26. The normalized spacial score (nSPS) is 13.4. The van der Waals surface area contributed by atoms with E-state index in [9.17, 15) is 28.8 Å². The number of anilines is 1. The van der Waals surface area contributed by atoms with E-state index >= 15 is 0 Å². The number of carbonyl (C=O) groups excluding carboxylic acids is 5. The van der Waals surface area contributed by atoms with Crippen molar-refractivity contribution in [2.45, 2.75) is 38.6 Å². The van der Waals surface area contributed by atoms with E-state index in [0.717, 1.165) is 17.1 Å². The molecule has 0 radical (unpaired) electrons. The van der Waals surface area contributed by atoms with Crippen LogP contribution in [0.4, 0.5) is 5.69 Å². The number of aliphatic carboxylic acids is 1. The maximum atomic E-state index is 12.2.